The van der Waals surface area contributed by atoms with Crippen LogP contribution in [0.15, 0.2) is 18.2 Å². The first-order chi connectivity index (χ1) is 17.8. The van der Waals surface area contributed by atoms with Gasteiger partial charge in [0.25, 0.3) is 0 Å². The van der Waals surface area contributed by atoms with E-state index in [-0.39, 0.29) is 12.4 Å². The van der Waals surface area contributed by atoms with Gasteiger partial charge in [-0.15, -0.1) is 0 Å². The van der Waals surface area contributed by atoms with Crippen LogP contribution in [0.3, 0.4) is 0 Å². The molecule has 0 aliphatic carbocycles. The van der Waals surface area contributed by atoms with Crippen LogP contribution in [0.25, 0.3) is 0 Å². The highest BCUT2D eigenvalue weighted by molar-refractivity contribution is 7.49. The van der Waals surface area contributed by atoms with E-state index in [9.17, 15) is 23.7 Å². The summed E-state index contributed by atoms with van der Waals surface area (Å²) >= 11 is 0. The molecule has 3 rings (SSSR count). The molecule has 0 spiro atoms. The Morgan fingerprint density at radius 1 is 0.974 bits per heavy atom. The highest BCUT2D eigenvalue weighted by Crippen LogP contribution is 2.56. The third kappa shape index (κ3) is 7.28. The number of carbonyl (C=O) groups excluding carboxylic acids is 4. The summed E-state index contributed by atoms with van der Waals surface area (Å²) in [6.45, 7) is 4.86. The lowest BCUT2D eigenvalue weighted by atomic mass is 9.95. The van der Waals surface area contributed by atoms with Gasteiger partial charge in [0.2, 0.25) is 6.29 Å². The van der Waals surface area contributed by atoms with Gasteiger partial charge in [-0.05, 0) is 18.6 Å². The number of aryl methyl sites for hydroxylation is 1. The molecule has 1 fully saturated rings. The SMILES string of the molecule is CC(=O)OC[C@H](F)C1OC(OP2(=O)OCc3c(C)cccc3O2)C(OC(C)=O)C(OC(C)=O)C1OC(C)=O. The number of phosphoric ester groups is 1. The van der Waals surface area contributed by atoms with Crippen LogP contribution in [0.5, 0.6) is 5.75 Å². The van der Waals surface area contributed by atoms with Gasteiger partial charge in [0.05, 0.1) is 6.61 Å². The molecule has 38 heavy (non-hydrogen) atoms. The zero-order chi connectivity index (χ0) is 28.2. The predicted octanol–water partition coefficient (Wildman–Crippen LogP) is 2.45. The van der Waals surface area contributed by atoms with Gasteiger partial charge < -0.3 is 28.2 Å². The average molecular weight is 562 g/mol. The van der Waals surface area contributed by atoms with Crippen molar-refractivity contribution in [1.82, 2.24) is 0 Å². The first kappa shape index (κ1) is 29.5. The molecule has 0 radical (unpaired) electrons. The van der Waals surface area contributed by atoms with Gasteiger partial charge in [0, 0.05) is 33.3 Å². The molecule has 2 aliphatic heterocycles. The number of rotatable bonds is 8. The van der Waals surface area contributed by atoms with Crippen molar-refractivity contribution in [3.8, 4) is 5.75 Å². The number of hydrogen-bond donors (Lipinski definition) is 0. The Bertz CT molecular complexity index is 1120. The van der Waals surface area contributed by atoms with E-state index in [1.54, 1.807) is 19.1 Å². The third-order valence-corrected chi connectivity index (χ3v) is 6.75. The molecule has 1 saturated heterocycles. The highest BCUT2D eigenvalue weighted by Gasteiger charge is 2.57. The standard InChI is InChI=1S/C23H28FO13P/c1-11-7-6-8-18-16(11)9-31-38(29,36-18)37-23-22(34-15(5)28)21(33-14(4)27)20(32-13(3)26)19(35-23)17(24)10-30-12(2)25/h6-8,17,19-23H,9-10H2,1-5H3/t17-,19?,20?,21?,22?,23?,38?/m0/s1. The molecule has 210 valence electrons. The minimum absolute atomic E-state index is 0.171. The summed E-state index contributed by atoms with van der Waals surface area (Å²) < 4.78 is 71.1. The maximum absolute atomic E-state index is 15.3. The average Bonchev–Trinajstić information content (AvgIpc) is 2.80. The van der Waals surface area contributed by atoms with Crippen LogP contribution < -0.4 is 4.52 Å². The fourth-order valence-electron chi connectivity index (χ4n) is 3.89. The molecule has 15 heteroatoms. The van der Waals surface area contributed by atoms with Crippen molar-refractivity contribution in [3.05, 3.63) is 29.3 Å². The minimum atomic E-state index is -4.48. The smallest absolute Gasteiger partial charge is 0.463 e. The molecule has 0 bridgehead atoms. The van der Waals surface area contributed by atoms with Gasteiger partial charge in [-0.3, -0.25) is 23.7 Å². The highest BCUT2D eigenvalue weighted by atomic mass is 31.2. The Morgan fingerprint density at radius 2 is 1.58 bits per heavy atom. The van der Waals surface area contributed by atoms with E-state index in [0.29, 0.717) is 5.56 Å². The summed E-state index contributed by atoms with van der Waals surface area (Å²) in [6, 6.07) is 4.98. The molecule has 7 atom stereocenters. The van der Waals surface area contributed by atoms with Crippen LogP contribution in [-0.2, 0) is 63.1 Å². The van der Waals surface area contributed by atoms with E-state index in [1.807, 2.05) is 0 Å². The van der Waals surface area contributed by atoms with E-state index < -0.39 is 75.2 Å². The molecule has 6 unspecified atom stereocenters. The molecule has 2 aliphatic rings. The Hall–Kier alpha value is -3.06. The zero-order valence-electron chi connectivity index (χ0n) is 21.2. The maximum Gasteiger partial charge on any atom is 0.532 e. The summed E-state index contributed by atoms with van der Waals surface area (Å²) in [7, 11) is -4.48. The predicted molar refractivity (Wildman–Crippen MR) is 122 cm³/mol. The lowest BCUT2D eigenvalue weighted by molar-refractivity contribution is -0.296. The largest absolute Gasteiger partial charge is 0.532 e. The Labute approximate surface area is 217 Å². The number of benzene rings is 1. The van der Waals surface area contributed by atoms with Gasteiger partial charge in [-0.25, -0.2) is 13.5 Å². The second-order valence-electron chi connectivity index (χ2n) is 8.48. The third-order valence-electron chi connectivity index (χ3n) is 5.42. The van der Waals surface area contributed by atoms with E-state index in [2.05, 4.69) is 0 Å². The summed E-state index contributed by atoms with van der Waals surface area (Å²) in [4.78, 5) is 47.0. The molecule has 0 aromatic heterocycles. The zero-order valence-corrected chi connectivity index (χ0v) is 22.1. The van der Waals surface area contributed by atoms with Crippen LogP contribution in [0, 0.1) is 6.92 Å². The Balaban J connectivity index is 1.99. The van der Waals surface area contributed by atoms with E-state index in [4.69, 9.17) is 37.3 Å². The molecule has 1 aromatic carbocycles. The van der Waals surface area contributed by atoms with Crippen molar-refractivity contribution < 1.29 is 65.4 Å². The molecular weight excluding hydrogens is 534 g/mol. The molecule has 0 amide bonds. The second kappa shape index (κ2) is 12.2. The summed E-state index contributed by atoms with van der Waals surface area (Å²) in [6.07, 6.45) is -11.0. The van der Waals surface area contributed by atoms with Gasteiger partial charge in [0.1, 0.15) is 18.5 Å². The molecule has 1 aromatic rings. The van der Waals surface area contributed by atoms with Crippen molar-refractivity contribution >= 4 is 31.7 Å². The van der Waals surface area contributed by atoms with Crippen molar-refractivity contribution in [2.45, 2.75) is 78.1 Å². The monoisotopic (exact) mass is 562 g/mol. The van der Waals surface area contributed by atoms with Crippen molar-refractivity contribution in [3.63, 3.8) is 0 Å². The van der Waals surface area contributed by atoms with Crippen LogP contribution in [0.2, 0.25) is 0 Å². The van der Waals surface area contributed by atoms with Crippen molar-refractivity contribution in [1.29, 1.82) is 0 Å². The van der Waals surface area contributed by atoms with Gasteiger partial charge in [-0.1, -0.05) is 12.1 Å². The van der Waals surface area contributed by atoms with Crippen molar-refractivity contribution in [2.75, 3.05) is 6.61 Å². The Morgan fingerprint density at radius 3 is 2.18 bits per heavy atom. The fraction of sp³-hybridized carbons (Fsp3) is 0.565. The van der Waals surface area contributed by atoms with Crippen LogP contribution >= 0.6 is 7.82 Å². The van der Waals surface area contributed by atoms with E-state index >= 15 is 4.39 Å². The lowest BCUT2D eigenvalue weighted by Crippen LogP contribution is -2.64. The fourth-order valence-corrected chi connectivity index (χ4v) is 5.17. The molecular formula is C23H28FO13P. The molecule has 0 N–H and O–H groups in total. The van der Waals surface area contributed by atoms with Gasteiger partial charge >= 0.3 is 31.7 Å². The number of fused-ring (bicyclic) bond motifs is 1. The van der Waals surface area contributed by atoms with Crippen LogP contribution in [0.4, 0.5) is 4.39 Å². The summed E-state index contributed by atoms with van der Waals surface area (Å²) in [5, 5.41) is 0. The number of hydrogen-bond acceptors (Lipinski definition) is 13. The maximum atomic E-state index is 15.3. The van der Waals surface area contributed by atoms with Crippen molar-refractivity contribution in [2.24, 2.45) is 0 Å². The van der Waals surface area contributed by atoms with Gasteiger partial charge in [-0.2, -0.15) is 0 Å². The number of halogens is 1. The van der Waals surface area contributed by atoms with E-state index in [0.717, 1.165) is 33.3 Å². The number of alkyl halides is 1. The molecule has 2 heterocycles. The number of carbonyl (C=O) groups is 4. The summed E-state index contributed by atoms with van der Waals surface area (Å²) in [5.41, 5.74) is 1.41. The van der Waals surface area contributed by atoms with E-state index in [1.165, 1.54) is 6.07 Å². The lowest BCUT2D eigenvalue weighted by Gasteiger charge is -2.45. The summed E-state index contributed by atoms with van der Waals surface area (Å²) in [5.74, 6) is -3.35. The number of ether oxygens (including phenoxy) is 5. The normalized spacial score (nSPS) is 29.2. The number of esters is 4. The van der Waals surface area contributed by atoms with Crippen LogP contribution in [0.1, 0.15) is 38.8 Å². The van der Waals surface area contributed by atoms with Gasteiger partial charge in [0.15, 0.2) is 24.5 Å². The quantitative estimate of drug-likeness (QED) is 0.259. The minimum Gasteiger partial charge on any atom is -0.463 e. The van der Waals surface area contributed by atoms with Crippen LogP contribution in [-0.4, -0.2) is 67.4 Å². The first-order valence-corrected chi connectivity index (χ1v) is 12.9. The Kier molecular flexibility index (Phi) is 9.47. The second-order valence-corrected chi connectivity index (χ2v) is 10.0. The first-order valence-electron chi connectivity index (χ1n) is 11.4. The number of phosphoric acid groups is 1. The molecule has 13 nitrogen and oxygen atoms in total. The topological polar surface area (TPSA) is 159 Å². The molecule has 0 saturated carbocycles.